The van der Waals surface area contributed by atoms with Crippen molar-refractivity contribution in [1.82, 2.24) is 0 Å². The molecule has 0 radical (unpaired) electrons. The molecule has 0 spiro atoms. The maximum Gasteiger partial charge on any atom is 0.0576 e. The van der Waals surface area contributed by atoms with E-state index in [9.17, 15) is 0 Å². The van der Waals surface area contributed by atoms with Gasteiger partial charge in [0.1, 0.15) is 0 Å². The van der Waals surface area contributed by atoms with Gasteiger partial charge in [-0.1, -0.05) is 26.7 Å². The van der Waals surface area contributed by atoms with E-state index >= 15 is 0 Å². The van der Waals surface area contributed by atoms with Gasteiger partial charge in [0.2, 0.25) is 0 Å². The average Bonchev–Trinajstić information content (AvgIpc) is 2.96. The second kappa shape index (κ2) is 6.38. The molecule has 106 valence electrons. The maximum atomic E-state index is 6.58. The molecule has 2 fully saturated rings. The summed E-state index contributed by atoms with van der Waals surface area (Å²) in [7, 11) is 0. The Balaban J connectivity index is 1.84. The Morgan fingerprint density at radius 3 is 2.50 bits per heavy atom. The highest BCUT2D eigenvalue weighted by molar-refractivity contribution is 4.94. The molecule has 0 aromatic heterocycles. The number of hydrogen-bond donors (Lipinski definition) is 1. The van der Waals surface area contributed by atoms with Gasteiger partial charge in [0.25, 0.3) is 0 Å². The average molecular weight is 253 g/mol. The van der Waals surface area contributed by atoms with Crippen molar-refractivity contribution in [2.45, 2.75) is 83.8 Å². The fourth-order valence-corrected chi connectivity index (χ4v) is 4.16. The number of ether oxygens (including phenoxy) is 1. The predicted molar refractivity (Wildman–Crippen MR) is 76.5 cm³/mol. The topological polar surface area (TPSA) is 35.2 Å². The van der Waals surface area contributed by atoms with E-state index in [2.05, 4.69) is 13.8 Å². The van der Waals surface area contributed by atoms with Crippen molar-refractivity contribution in [3.05, 3.63) is 0 Å². The Bertz CT molecular complexity index is 239. The molecule has 1 aliphatic carbocycles. The van der Waals surface area contributed by atoms with Crippen molar-refractivity contribution in [3.8, 4) is 0 Å². The van der Waals surface area contributed by atoms with Crippen LogP contribution in [0.5, 0.6) is 0 Å². The molecule has 0 aromatic rings. The van der Waals surface area contributed by atoms with E-state index in [1.54, 1.807) is 0 Å². The van der Waals surface area contributed by atoms with Gasteiger partial charge in [0.05, 0.1) is 6.10 Å². The van der Waals surface area contributed by atoms with Gasteiger partial charge in [-0.2, -0.15) is 0 Å². The van der Waals surface area contributed by atoms with Crippen molar-refractivity contribution in [2.24, 2.45) is 17.1 Å². The molecule has 1 heterocycles. The summed E-state index contributed by atoms with van der Waals surface area (Å²) in [5.74, 6) is 0.775. The molecular formula is C16H31NO. The third kappa shape index (κ3) is 3.48. The summed E-state index contributed by atoms with van der Waals surface area (Å²) in [5, 5.41) is 0. The first-order chi connectivity index (χ1) is 8.62. The van der Waals surface area contributed by atoms with E-state index in [1.165, 1.54) is 51.4 Å². The SMILES string of the molecule is CC(C)CC1(C(N)CCC2CCCO2)CCCC1. The standard InChI is InChI=1S/C16H31NO/c1-13(2)12-16(9-3-4-10-16)15(17)8-7-14-6-5-11-18-14/h13-15H,3-12,17H2,1-2H3. The highest BCUT2D eigenvalue weighted by Crippen LogP contribution is 2.46. The minimum absolute atomic E-state index is 0.395. The molecule has 2 atom stereocenters. The lowest BCUT2D eigenvalue weighted by molar-refractivity contribution is 0.0901. The smallest absolute Gasteiger partial charge is 0.0576 e. The van der Waals surface area contributed by atoms with E-state index < -0.39 is 0 Å². The summed E-state index contributed by atoms with van der Waals surface area (Å²) < 4.78 is 5.72. The van der Waals surface area contributed by atoms with Crippen LogP contribution in [-0.4, -0.2) is 18.8 Å². The summed E-state index contributed by atoms with van der Waals surface area (Å²) in [6, 6.07) is 0.395. The van der Waals surface area contributed by atoms with E-state index in [-0.39, 0.29) is 0 Å². The van der Waals surface area contributed by atoms with Gasteiger partial charge in [0.15, 0.2) is 0 Å². The van der Waals surface area contributed by atoms with Crippen LogP contribution >= 0.6 is 0 Å². The molecule has 1 saturated carbocycles. The van der Waals surface area contributed by atoms with Crippen LogP contribution in [0, 0.1) is 11.3 Å². The molecule has 0 amide bonds. The quantitative estimate of drug-likeness (QED) is 0.779. The zero-order valence-corrected chi connectivity index (χ0v) is 12.3. The minimum Gasteiger partial charge on any atom is -0.378 e. The molecule has 2 nitrogen and oxygen atoms in total. The van der Waals surface area contributed by atoms with Gasteiger partial charge in [-0.3, -0.25) is 0 Å². The number of nitrogens with two attached hydrogens (primary N) is 1. The van der Waals surface area contributed by atoms with Crippen LogP contribution in [0.4, 0.5) is 0 Å². The fourth-order valence-electron chi connectivity index (χ4n) is 4.16. The Morgan fingerprint density at radius 2 is 1.94 bits per heavy atom. The number of rotatable bonds is 6. The highest BCUT2D eigenvalue weighted by atomic mass is 16.5. The third-order valence-corrected chi connectivity index (χ3v) is 5.02. The molecule has 0 aromatic carbocycles. The summed E-state index contributed by atoms with van der Waals surface area (Å²) in [5.41, 5.74) is 7.04. The fraction of sp³-hybridized carbons (Fsp3) is 1.00. The van der Waals surface area contributed by atoms with Gasteiger partial charge in [-0.05, 0) is 56.3 Å². The largest absolute Gasteiger partial charge is 0.378 e. The monoisotopic (exact) mass is 253 g/mol. The molecular weight excluding hydrogens is 222 g/mol. The van der Waals surface area contributed by atoms with Gasteiger partial charge in [0, 0.05) is 12.6 Å². The summed E-state index contributed by atoms with van der Waals surface area (Å²) in [6.07, 6.45) is 12.2. The van der Waals surface area contributed by atoms with Gasteiger partial charge in [-0.15, -0.1) is 0 Å². The van der Waals surface area contributed by atoms with E-state index in [1.807, 2.05) is 0 Å². The normalized spacial score (nSPS) is 29.0. The van der Waals surface area contributed by atoms with E-state index in [0.29, 0.717) is 17.6 Å². The predicted octanol–water partition coefficient (Wildman–Crippen LogP) is 3.88. The van der Waals surface area contributed by atoms with Crippen molar-refractivity contribution < 1.29 is 4.74 Å². The van der Waals surface area contributed by atoms with Crippen LogP contribution in [-0.2, 0) is 4.74 Å². The lowest BCUT2D eigenvalue weighted by Gasteiger charge is -2.37. The Morgan fingerprint density at radius 1 is 1.22 bits per heavy atom. The number of hydrogen-bond acceptors (Lipinski definition) is 2. The van der Waals surface area contributed by atoms with Crippen LogP contribution in [0.15, 0.2) is 0 Å². The second-order valence-electron chi connectivity index (χ2n) is 6.99. The summed E-state index contributed by atoms with van der Waals surface area (Å²) in [6.45, 7) is 5.65. The first-order valence-corrected chi connectivity index (χ1v) is 7.99. The van der Waals surface area contributed by atoms with Crippen LogP contribution in [0.1, 0.15) is 71.6 Å². The van der Waals surface area contributed by atoms with Crippen molar-refractivity contribution in [3.63, 3.8) is 0 Å². The minimum atomic E-state index is 0.395. The maximum absolute atomic E-state index is 6.58. The summed E-state index contributed by atoms with van der Waals surface area (Å²) >= 11 is 0. The molecule has 2 aliphatic rings. The third-order valence-electron chi connectivity index (χ3n) is 5.02. The van der Waals surface area contributed by atoms with Crippen LogP contribution in [0.25, 0.3) is 0 Å². The lowest BCUT2D eigenvalue weighted by Crippen LogP contribution is -2.41. The summed E-state index contributed by atoms with van der Waals surface area (Å²) in [4.78, 5) is 0. The highest BCUT2D eigenvalue weighted by Gasteiger charge is 2.39. The van der Waals surface area contributed by atoms with Crippen LogP contribution in [0.2, 0.25) is 0 Å². The molecule has 2 N–H and O–H groups in total. The van der Waals surface area contributed by atoms with Crippen molar-refractivity contribution in [1.29, 1.82) is 0 Å². The lowest BCUT2D eigenvalue weighted by atomic mass is 9.71. The first-order valence-electron chi connectivity index (χ1n) is 7.99. The van der Waals surface area contributed by atoms with Crippen LogP contribution in [0.3, 0.4) is 0 Å². The second-order valence-corrected chi connectivity index (χ2v) is 6.99. The van der Waals surface area contributed by atoms with Crippen LogP contribution < -0.4 is 5.73 Å². The van der Waals surface area contributed by atoms with Gasteiger partial charge >= 0.3 is 0 Å². The Hall–Kier alpha value is -0.0800. The zero-order valence-electron chi connectivity index (χ0n) is 12.3. The molecule has 18 heavy (non-hydrogen) atoms. The molecule has 0 bridgehead atoms. The van der Waals surface area contributed by atoms with Crippen molar-refractivity contribution >= 4 is 0 Å². The first kappa shape index (κ1) is 14.3. The zero-order chi connectivity index (χ0) is 13.0. The molecule has 2 rings (SSSR count). The molecule has 2 heteroatoms. The van der Waals surface area contributed by atoms with E-state index in [4.69, 9.17) is 10.5 Å². The Kier molecular flexibility index (Phi) is 5.08. The van der Waals surface area contributed by atoms with Gasteiger partial charge < -0.3 is 10.5 Å². The van der Waals surface area contributed by atoms with Crippen molar-refractivity contribution in [2.75, 3.05) is 6.61 Å². The molecule has 1 aliphatic heterocycles. The van der Waals surface area contributed by atoms with Gasteiger partial charge in [-0.25, -0.2) is 0 Å². The molecule has 1 saturated heterocycles. The van der Waals surface area contributed by atoms with E-state index in [0.717, 1.165) is 18.9 Å². The molecule has 2 unspecified atom stereocenters. The Labute approximate surface area is 113 Å².